The average molecular weight is 554 g/mol. The van der Waals surface area contributed by atoms with E-state index in [1.807, 2.05) is 97.1 Å². The third-order valence-corrected chi connectivity index (χ3v) is 7.95. The maximum atomic E-state index is 14.0. The maximum absolute atomic E-state index is 14.0. The van der Waals surface area contributed by atoms with Crippen molar-refractivity contribution < 1.29 is 14.3 Å². The van der Waals surface area contributed by atoms with Crippen LogP contribution in [0.3, 0.4) is 0 Å². The molecule has 0 fully saturated rings. The van der Waals surface area contributed by atoms with Crippen LogP contribution >= 0.6 is 23.2 Å². The SMILES string of the molecule is O=C(OCc1ccccc1)C1CCc2c(c3c(Cl)ccc(-c4ccc(Cl)cc4)c3n2C(=O)c2ccccc2)C1. The van der Waals surface area contributed by atoms with Crippen LogP contribution in [-0.2, 0) is 29.0 Å². The zero-order valence-corrected chi connectivity index (χ0v) is 22.6. The first kappa shape index (κ1) is 25.4. The van der Waals surface area contributed by atoms with Gasteiger partial charge in [0.2, 0.25) is 0 Å². The van der Waals surface area contributed by atoms with Crippen LogP contribution < -0.4 is 0 Å². The van der Waals surface area contributed by atoms with E-state index in [2.05, 4.69) is 0 Å². The Morgan fingerprint density at radius 1 is 0.846 bits per heavy atom. The van der Waals surface area contributed by atoms with Gasteiger partial charge in [-0.3, -0.25) is 14.2 Å². The predicted molar refractivity (Wildman–Crippen MR) is 155 cm³/mol. The van der Waals surface area contributed by atoms with Gasteiger partial charge in [-0.05, 0) is 66.3 Å². The molecule has 0 saturated heterocycles. The van der Waals surface area contributed by atoms with Gasteiger partial charge in [0.05, 0.1) is 16.5 Å². The molecule has 1 unspecified atom stereocenters. The van der Waals surface area contributed by atoms with Gasteiger partial charge < -0.3 is 4.74 Å². The summed E-state index contributed by atoms with van der Waals surface area (Å²) in [6.45, 7) is 0.235. The number of nitrogens with zero attached hydrogens (tertiary/aromatic N) is 1. The number of fused-ring (bicyclic) bond motifs is 3. The van der Waals surface area contributed by atoms with Gasteiger partial charge in [-0.15, -0.1) is 0 Å². The Hall–Kier alpha value is -3.86. The molecule has 6 rings (SSSR count). The lowest BCUT2D eigenvalue weighted by Gasteiger charge is -2.22. The lowest BCUT2D eigenvalue weighted by molar-refractivity contribution is -0.150. The summed E-state index contributed by atoms with van der Waals surface area (Å²) in [4.78, 5) is 27.2. The fraction of sp³-hybridized carbons (Fsp3) is 0.152. The normalized spacial score (nSPS) is 14.7. The van der Waals surface area contributed by atoms with Crippen molar-refractivity contribution in [1.82, 2.24) is 4.57 Å². The van der Waals surface area contributed by atoms with Gasteiger partial charge in [0, 0.05) is 27.2 Å². The van der Waals surface area contributed by atoms with Crippen molar-refractivity contribution in [2.75, 3.05) is 0 Å². The number of carbonyl (C=O) groups is 2. The topological polar surface area (TPSA) is 48.3 Å². The lowest BCUT2D eigenvalue weighted by Crippen LogP contribution is -2.26. The second-order valence-electron chi connectivity index (χ2n) is 9.79. The molecule has 1 heterocycles. The Morgan fingerprint density at radius 3 is 2.26 bits per heavy atom. The molecule has 0 aliphatic heterocycles. The zero-order chi connectivity index (χ0) is 26.9. The summed E-state index contributed by atoms with van der Waals surface area (Å²) in [5.74, 6) is -0.670. The molecule has 6 heteroatoms. The number of halogens is 2. The molecule has 0 N–H and O–H groups in total. The van der Waals surface area contributed by atoms with Crippen LogP contribution in [-0.4, -0.2) is 16.4 Å². The molecular weight excluding hydrogens is 529 g/mol. The summed E-state index contributed by atoms with van der Waals surface area (Å²) in [7, 11) is 0. The van der Waals surface area contributed by atoms with Gasteiger partial charge in [-0.2, -0.15) is 0 Å². The van der Waals surface area contributed by atoms with E-state index in [1.165, 1.54) is 0 Å². The minimum absolute atomic E-state index is 0.121. The summed E-state index contributed by atoms with van der Waals surface area (Å²) in [6.07, 6.45) is 1.61. The molecule has 39 heavy (non-hydrogen) atoms. The Labute approximate surface area is 236 Å². The highest BCUT2D eigenvalue weighted by Crippen LogP contribution is 2.43. The molecule has 0 bridgehead atoms. The number of aromatic nitrogens is 1. The zero-order valence-electron chi connectivity index (χ0n) is 21.1. The Balaban J connectivity index is 1.46. The highest BCUT2D eigenvalue weighted by molar-refractivity contribution is 6.37. The quantitative estimate of drug-likeness (QED) is 0.206. The summed E-state index contributed by atoms with van der Waals surface area (Å²) >= 11 is 13.0. The van der Waals surface area contributed by atoms with Crippen LogP contribution in [0.4, 0.5) is 0 Å². The Kier molecular flexibility index (Phi) is 6.99. The minimum Gasteiger partial charge on any atom is -0.461 e. The standard InChI is InChI=1S/C33H25Cl2NO3/c34-25-14-11-22(12-15-25)26-16-17-28(35)30-27-19-24(33(38)39-20-21-7-3-1-4-8-21)13-18-29(27)36(31(26)30)32(37)23-9-5-2-6-10-23/h1-12,14-17,24H,13,18-20H2. The molecule has 0 spiro atoms. The summed E-state index contributed by atoms with van der Waals surface area (Å²) in [5.41, 5.74) is 5.93. The van der Waals surface area contributed by atoms with Crippen molar-refractivity contribution in [1.29, 1.82) is 0 Å². The van der Waals surface area contributed by atoms with Gasteiger partial charge in [-0.1, -0.05) is 89.9 Å². The fourth-order valence-electron chi connectivity index (χ4n) is 5.49. The van der Waals surface area contributed by atoms with Crippen molar-refractivity contribution in [2.24, 2.45) is 5.92 Å². The first-order valence-electron chi connectivity index (χ1n) is 12.9. The molecule has 4 aromatic carbocycles. The molecule has 194 valence electrons. The second kappa shape index (κ2) is 10.7. The molecule has 1 aliphatic rings. The molecule has 1 aromatic heterocycles. The number of carbonyl (C=O) groups excluding carboxylic acids is 2. The van der Waals surface area contributed by atoms with E-state index >= 15 is 0 Å². The number of benzene rings is 4. The van der Waals surface area contributed by atoms with E-state index < -0.39 is 0 Å². The highest BCUT2D eigenvalue weighted by Gasteiger charge is 2.34. The number of rotatable bonds is 5. The second-order valence-corrected chi connectivity index (χ2v) is 10.6. The van der Waals surface area contributed by atoms with E-state index in [4.69, 9.17) is 27.9 Å². The first-order chi connectivity index (χ1) is 19.0. The molecular formula is C33H25Cl2NO3. The van der Waals surface area contributed by atoms with E-state index in [0.29, 0.717) is 34.9 Å². The van der Waals surface area contributed by atoms with Crippen LogP contribution in [0.5, 0.6) is 0 Å². The fourth-order valence-corrected chi connectivity index (χ4v) is 5.88. The van der Waals surface area contributed by atoms with Crippen molar-refractivity contribution in [3.05, 3.63) is 129 Å². The minimum atomic E-state index is -0.317. The highest BCUT2D eigenvalue weighted by atomic mass is 35.5. The van der Waals surface area contributed by atoms with Crippen LogP contribution in [0.2, 0.25) is 10.0 Å². The molecule has 0 radical (unpaired) electrons. The van der Waals surface area contributed by atoms with Gasteiger partial charge in [0.15, 0.2) is 0 Å². The summed E-state index contributed by atoms with van der Waals surface area (Å²) in [6, 6.07) is 30.3. The van der Waals surface area contributed by atoms with Crippen molar-refractivity contribution in [2.45, 2.75) is 25.9 Å². The van der Waals surface area contributed by atoms with E-state index in [9.17, 15) is 9.59 Å². The summed E-state index contributed by atoms with van der Waals surface area (Å²) < 4.78 is 7.50. The van der Waals surface area contributed by atoms with Gasteiger partial charge in [0.1, 0.15) is 6.61 Å². The van der Waals surface area contributed by atoms with Crippen molar-refractivity contribution in [3.8, 4) is 11.1 Å². The van der Waals surface area contributed by atoms with Gasteiger partial charge in [-0.25, -0.2) is 0 Å². The predicted octanol–water partition coefficient (Wildman–Crippen LogP) is 8.15. The number of esters is 1. The third kappa shape index (κ3) is 4.87. The molecule has 1 aliphatic carbocycles. The molecule has 1 atom stereocenters. The molecule has 4 nitrogen and oxygen atoms in total. The lowest BCUT2D eigenvalue weighted by atomic mass is 9.86. The number of hydrogen-bond donors (Lipinski definition) is 0. The Morgan fingerprint density at radius 2 is 1.54 bits per heavy atom. The van der Waals surface area contributed by atoms with Gasteiger partial charge in [0.25, 0.3) is 5.91 Å². The van der Waals surface area contributed by atoms with Gasteiger partial charge >= 0.3 is 5.97 Å². The van der Waals surface area contributed by atoms with Crippen LogP contribution in [0, 0.1) is 5.92 Å². The van der Waals surface area contributed by atoms with Crippen LogP contribution in [0.1, 0.15) is 33.6 Å². The largest absolute Gasteiger partial charge is 0.461 e. The van der Waals surface area contributed by atoms with E-state index in [-0.39, 0.29) is 24.4 Å². The first-order valence-corrected chi connectivity index (χ1v) is 13.7. The van der Waals surface area contributed by atoms with Crippen molar-refractivity contribution in [3.63, 3.8) is 0 Å². The van der Waals surface area contributed by atoms with Crippen molar-refractivity contribution >= 4 is 46.0 Å². The maximum Gasteiger partial charge on any atom is 0.309 e. The van der Waals surface area contributed by atoms with Crippen LogP contribution in [0.25, 0.3) is 22.0 Å². The van der Waals surface area contributed by atoms with Crippen LogP contribution in [0.15, 0.2) is 97.1 Å². The molecule has 0 saturated carbocycles. The summed E-state index contributed by atoms with van der Waals surface area (Å²) in [5, 5.41) is 2.00. The van der Waals surface area contributed by atoms with E-state index in [1.54, 1.807) is 4.57 Å². The molecule has 0 amide bonds. The third-order valence-electron chi connectivity index (χ3n) is 7.39. The monoisotopic (exact) mass is 553 g/mol. The number of hydrogen-bond acceptors (Lipinski definition) is 3. The smallest absolute Gasteiger partial charge is 0.309 e. The molecule has 5 aromatic rings. The van der Waals surface area contributed by atoms with E-state index in [0.717, 1.165) is 38.9 Å². The average Bonchev–Trinajstić information content (AvgIpc) is 3.32. The Bertz CT molecular complexity index is 1680. The number of ether oxygens (including phenoxy) is 1.